The number of amides is 1. The maximum atomic E-state index is 12.5. The Hall–Kier alpha value is -1.56. The minimum Gasteiger partial charge on any atom is -0.337 e. The molecule has 22 heavy (non-hydrogen) atoms. The Labute approximate surface area is 138 Å². The third-order valence-corrected chi connectivity index (χ3v) is 4.15. The van der Waals surface area contributed by atoms with Crippen molar-refractivity contribution >= 4 is 29.1 Å². The number of hydrogen-bond acceptors (Lipinski definition) is 3. The molecule has 0 spiro atoms. The van der Waals surface area contributed by atoms with Gasteiger partial charge in [0.05, 0.1) is 22.5 Å². The lowest BCUT2D eigenvalue weighted by molar-refractivity contribution is 0.0766. The van der Waals surface area contributed by atoms with Crippen molar-refractivity contribution in [3.8, 4) is 5.69 Å². The fourth-order valence-corrected chi connectivity index (χ4v) is 2.96. The Kier molecular flexibility index (Phi) is 4.66. The van der Waals surface area contributed by atoms with Crippen molar-refractivity contribution in [3.05, 3.63) is 46.2 Å². The van der Waals surface area contributed by atoms with Crippen LogP contribution in [0, 0.1) is 0 Å². The van der Waals surface area contributed by atoms with Crippen LogP contribution in [0.4, 0.5) is 0 Å². The number of aromatic nitrogens is 2. The number of benzene rings is 1. The van der Waals surface area contributed by atoms with E-state index in [2.05, 4.69) is 10.4 Å². The summed E-state index contributed by atoms with van der Waals surface area (Å²) in [4.78, 5) is 14.4. The second-order valence-electron chi connectivity index (χ2n) is 5.17. The minimum atomic E-state index is 0.0000333. The Bertz CT molecular complexity index is 678. The van der Waals surface area contributed by atoms with Gasteiger partial charge >= 0.3 is 0 Å². The van der Waals surface area contributed by atoms with Gasteiger partial charge in [-0.3, -0.25) is 4.79 Å². The molecule has 0 radical (unpaired) electrons. The van der Waals surface area contributed by atoms with Gasteiger partial charge in [0.25, 0.3) is 5.91 Å². The molecule has 1 fully saturated rings. The minimum absolute atomic E-state index is 0.0000333. The molecule has 1 aliphatic rings. The predicted octanol–water partition coefficient (Wildman–Crippen LogP) is 2.61. The Morgan fingerprint density at radius 3 is 2.91 bits per heavy atom. The molecular formula is C15H16Cl2N4O. The Morgan fingerprint density at radius 1 is 1.23 bits per heavy atom. The number of halogens is 2. The highest BCUT2D eigenvalue weighted by molar-refractivity contribution is 6.35. The highest BCUT2D eigenvalue weighted by Crippen LogP contribution is 2.24. The van der Waals surface area contributed by atoms with Crippen LogP contribution in [-0.2, 0) is 0 Å². The van der Waals surface area contributed by atoms with Crippen molar-refractivity contribution in [1.29, 1.82) is 0 Å². The van der Waals surface area contributed by atoms with Gasteiger partial charge in [0, 0.05) is 30.9 Å². The molecule has 5 nitrogen and oxygen atoms in total. The van der Waals surface area contributed by atoms with E-state index >= 15 is 0 Å². The first-order valence-electron chi connectivity index (χ1n) is 7.15. The lowest BCUT2D eigenvalue weighted by Crippen LogP contribution is -2.33. The van der Waals surface area contributed by atoms with Gasteiger partial charge in [-0.15, -0.1) is 0 Å². The molecule has 2 heterocycles. The third-order valence-electron chi connectivity index (χ3n) is 3.61. The number of nitrogens with one attached hydrogen (secondary N) is 1. The molecule has 1 aromatic heterocycles. The molecule has 116 valence electrons. The van der Waals surface area contributed by atoms with Gasteiger partial charge in [0.1, 0.15) is 0 Å². The lowest BCUT2D eigenvalue weighted by Gasteiger charge is -2.18. The summed E-state index contributed by atoms with van der Waals surface area (Å²) >= 11 is 12.1. The predicted molar refractivity (Wildman–Crippen MR) is 87.0 cm³/mol. The van der Waals surface area contributed by atoms with Gasteiger partial charge in [-0.25, -0.2) is 4.68 Å². The van der Waals surface area contributed by atoms with Gasteiger partial charge in [0.15, 0.2) is 0 Å². The average molecular weight is 339 g/mol. The molecule has 0 atom stereocenters. The fraction of sp³-hybridized carbons (Fsp3) is 0.333. The van der Waals surface area contributed by atoms with Crippen LogP contribution >= 0.6 is 23.2 Å². The fourth-order valence-electron chi connectivity index (χ4n) is 2.46. The molecule has 3 rings (SSSR count). The lowest BCUT2D eigenvalue weighted by atomic mass is 10.3. The molecule has 1 amide bonds. The van der Waals surface area contributed by atoms with E-state index in [1.807, 2.05) is 4.90 Å². The molecule has 1 aliphatic heterocycles. The number of rotatable bonds is 2. The van der Waals surface area contributed by atoms with Crippen molar-refractivity contribution in [2.75, 3.05) is 26.2 Å². The van der Waals surface area contributed by atoms with E-state index in [1.165, 1.54) is 0 Å². The number of nitrogens with zero attached hydrogens (tertiary/aromatic N) is 3. The van der Waals surface area contributed by atoms with Gasteiger partial charge < -0.3 is 10.2 Å². The first-order chi connectivity index (χ1) is 10.6. The maximum Gasteiger partial charge on any atom is 0.257 e. The number of carbonyl (C=O) groups excluding carboxylic acids is 1. The standard InChI is InChI=1S/C15H16Cl2N4O/c16-12-2-3-14(13(17)8-12)21-10-11(9-19-21)15(22)20-6-1-4-18-5-7-20/h2-3,8-10,18H,1,4-7H2. The monoisotopic (exact) mass is 338 g/mol. The van der Waals surface area contributed by atoms with E-state index in [0.29, 0.717) is 27.8 Å². The van der Waals surface area contributed by atoms with Crippen LogP contribution in [-0.4, -0.2) is 46.8 Å². The topological polar surface area (TPSA) is 50.2 Å². The van der Waals surface area contributed by atoms with Crippen LogP contribution in [0.1, 0.15) is 16.8 Å². The Morgan fingerprint density at radius 2 is 2.09 bits per heavy atom. The molecule has 0 saturated carbocycles. The smallest absolute Gasteiger partial charge is 0.257 e. The molecule has 2 aromatic rings. The maximum absolute atomic E-state index is 12.5. The van der Waals surface area contributed by atoms with E-state index in [0.717, 1.165) is 26.1 Å². The molecule has 1 aromatic carbocycles. The van der Waals surface area contributed by atoms with Gasteiger partial charge in [0.2, 0.25) is 0 Å². The SMILES string of the molecule is O=C(c1cnn(-c2ccc(Cl)cc2Cl)c1)N1CCCNCC1. The molecule has 0 aliphatic carbocycles. The van der Waals surface area contributed by atoms with Crippen LogP contribution < -0.4 is 5.32 Å². The van der Waals surface area contributed by atoms with E-state index in [9.17, 15) is 4.79 Å². The van der Waals surface area contributed by atoms with Crippen LogP contribution in [0.25, 0.3) is 5.69 Å². The quantitative estimate of drug-likeness (QED) is 0.915. The van der Waals surface area contributed by atoms with Gasteiger partial charge in [-0.1, -0.05) is 23.2 Å². The molecule has 1 N–H and O–H groups in total. The second-order valence-corrected chi connectivity index (χ2v) is 6.01. The molecule has 1 saturated heterocycles. The molecule has 0 unspecified atom stereocenters. The van der Waals surface area contributed by atoms with Crippen molar-refractivity contribution in [2.24, 2.45) is 0 Å². The summed E-state index contributed by atoms with van der Waals surface area (Å²) < 4.78 is 1.60. The zero-order chi connectivity index (χ0) is 15.5. The summed E-state index contributed by atoms with van der Waals surface area (Å²) in [5.74, 6) is 0.0000333. The zero-order valence-electron chi connectivity index (χ0n) is 11.9. The van der Waals surface area contributed by atoms with Crippen LogP contribution in [0.3, 0.4) is 0 Å². The van der Waals surface area contributed by atoms with E-state index < -0.39 is 0 Å². The van der Waals surface area contributed by atoms with Gasteiger partial charge in [-0.2, -0.15) is 5.10 Å². The van der Waals surface area contributed by atoms with Crippen molar-refractivity contribution in [2.45, 2.75) is 6.42 Å². The summed E-state index contributed by atoms with van der Waals surface area (Å²) in [7, 11) is 0. The van der Waals surface area contributed by atoms with Crippen molar-refractivity contribution in [1.82, 2.24) is 20.0 Å². The molecule has 7 heteroatoms. The molecular weight excluding hydrogens is 323 g/mol. The zero-order valence-corrected chi connectivity index (χ0v) is 13.4. The largest absolute Gasteiger partial charge is 0.337 e. The Balaban J connectivity index is 1.82. The summed E-state index contributed by atoms with van der Waals surface area (Å²) in [5, 5.41) is 8.58. The summed E-state index contributed by atoms with van der Waals surface area (Å²) in [6, 6.07) is 5.18. The van der Waals surface area contributed by atoms with E-state index in [-0.39, 0.29) is 5.91 Å². The van der Waals surface area contributed by atoms with Crippen molar-refractivity contribution in [3.63, 3.8) is 0 Å². The first kappa shape index (κ1) is 15.3. The third kappa shape index (κ3) is 3.27. The summed E-state index contributed by atoms with van der Waals surface area (Å²) in [6.45, 7) is 3.25. The molecule has 0 bridgehead atoms. The highest BCUT2D eigenvalue weighted by Gasteiger charge is 2.19. The normalized spacial score (nSPS) is 15.6. The van der Waals surface area contributed by atoms with Crippen molar-refractivity contribution < 1.29 is 4.79 Å². The van der Waals surface area contributed by atoms with Crippen LogP contribution in [0.15, 0.2) is 30.6 Å². The summed E-state index contributed by atoms with van der Waals surface area (Å²) in [6.07, 6.45) is 4.24. The van der Waals surface area contributed by atoms with Crippen LogP contribution in [0.5, 0.6) is 0 Å². The second kappa shape index (κ2) is 6.69. The van der Waals surface area contributed by atoms with Gasteiger partial charge in [-0.05, 0) is 31.2 Å². The van der Waals surface area contributed by atoms with E-state index in [4.69, 9.17) is 23.2 Å². The number of carbonyl (C=O) groups is 1. The van der Waals surface area contributed by atoms with E-state index in [1.54, 1.807) is 35.3 Å². The highest BCUT2D eigenvalue weighted by atomic mass is 35.5. The first-order valence-corrected chi connectivity index (χ1v) is 7.91. The number of hydrogen-bond donors (Lipinski definition) is 1. The average Bonchev–Trinajstić information content (AvgIpc) is 2.81. The summed E-state index contributed by atoms with van der Waals surface area (Å²) in [5.41, 5.74) is 1.26. The van der Waals surface area contributed by atoms with Crippen LogP contribution in [0.2, 0.25) is 10.0 Å².